The van der Waals surface area contributed by atoms with Gasteiger partial charge in [-0.15, -0.1) is 0 Å². The fourth-order valence-corrected chi connectivity index (χ4v) is 12.0. The number of nitrogens with zero attached hydrogens (tertiary/aromatic N) is 1. The number of aliphatic imine (C=N–C) groups is 1. The van der Waals surface area contributed by atoms with Crippen LogP contribution in [-0.2, 0) is 23.8 Å². The Labute approximate surface area is 289 Å². The molecule has 0 aromatic rings. The highest BCUT2D eigenvalue weighted by Gasteiger charge is 2.72. The Balaban J connectivity index is 1.49. The van der Waals surface area contributed by atoms with Crippen molar-refractivity contribution < 1.29 is 28.9 Å². The largest absolute Gasteiger partial charge is 0.481 e. The number of hydrogen-bond acceptors (Lipinski definition) is 6. The molecule has 2 bridgehead atoms. The van der Waals surface area contributed by atoms with Crippen LogP contribution in [0.25, 0.3) is 0 Å². The van der Waals surface area contributed by atoms with E-state index in [1.807, 2.05) is 20.8 Å². The molecule has 0 radical (unpaired) electrons. The highest BCUT2D eigenvalue weighted by atomic mass is 16.6. The molecule has 4 fully saturated rings. The van der Waals surface area contributed by atoms with E-state index in [0.717, 1.165) is 32.1 Å². The number of carboxylic acids is 1. The first kappa shape index (κ1) is 37.1. The van der Waals surface area contributed by atoms with Crippen LogP contribution in [0.1, 0.15) is 115 Å². The Bertz CT molecular complexity index is 1320. The van der Waals surface area contributed by atoms with Gasteiger partial charge in [-0.25, -0.2) is 0 Å². The van der Waals surface area contributed by atoms with Crippen molar-refractivity contribution in [2.45, 2.75) is 132 Å². The first-order valence-corrected chi connectivity index (χ1v) is 18.5. The number of carboxylic acid groups (broad SMARTS) is 1. The van der Waals surface area contributed by atoms with Crippen LogP contribution in [0.4, 0.5) is 0 Å². The lowest BCUT2D eigenvalue weighted by atomic mass is 9.34. The summed E-state index contributed by atoms with van der Waals surface area (Å²) in [6.45, 7) is 25.4. The monoisotopic (exact) mass is 671 g/mol. The van der Waals surface area contributed by atoms with E-state index in [1.165, 1.54) is 12.5 Å². The number of carbonyl (C=O) groups is 2. The molecule has 9 nitrogen and oxygen atoms in total. The molecule has 5 rings (SSSR count). The van der Waals surface area contributed by atoms with Gasteiger partial charge in [-0.05, 0) is 99.2 Å². The van der Waals surface area contributed by atoms with Gasteiger partial charge < -0.3 is 30.4 Å². The Morgan fingerprint density at radius 3 is 2.40 bits per heavy atom. The molecule has 5 aliphatic rings. The fourth-order valence-electron chi connectivity index (χ4n) is 12.0. The normalized spacial score (nSPS) is 43.3. The third-order valence-corrected chi connectivity index (χ3v) is 14.6. The van der Waals surface area contributed by atoms with Crippen LogP contribution in [0, 0.1) is 56.7 Å². The zero-order valence-corrected chi connectivity index (χ0v) is 31.7. The number of ether oxygens (including phenoxy) is 3. The second kappa shape index (κ2) is 12.6. The number of guanidine groups is 1. The maximum Gasteiger partial charge on any atom is 0.307 e. The van der Waals surface area contributed by atoms with E-state index in [0.29, 0.717) is 56.5 Å². The van der Waals surface area contributed by atoms with Crippen LogP contribution in [0.3, 0.4) is 0 Å². The summed E-state index contributed by atoms with van der Waals surface area (Å²) in [5, 5.41) is 14.2. The smallest absolute Gasteiger partial charge is 0.307 e. The molecular weight excluding hydrogens is 606 g/mol. The molecule has 48 heavy (non-hydrogen) atoms. The predicted octanol–water partition coefficient (Wildman–Crippen LogP) is 6.59. The number of hydrogen-bond donors (Lipinski definition) is 3. The van der Waals surface area contributed by atoms with Crippen LogP contribution in [-0.4, -0.2) is 67.1 Å². The number of fused-ring (bicyclic) bond motifs is 3. The van der Waals surface area contributed by atoms with Crippen molar-refractivity contribution in [2.24, 2.45) is 67.4 Å². The van der Waals surface area contributed by atoms with Gasteiger partial charge in [-0.2, -0.15) is 0 Å². The average Bonchev–Trinajstić information content (AvgIpc) is 2.95. The van der Waals surface area contributed by atoms with Crippen LogP contribution >= 0.6 is 0 Å². The molecule has 272 valence electrons. The van der Waals surface area contributed by atoms with Gasteiger partial charge in [-0.3, -0.25) is 14.6 Å². The van der Waals surface area contributed by atoms with Crippen LogP contribution < -0.4 is 11.1 Å². The summed E-state index contributed by atoms with van der Waals surface area (Å²) in [4.78, 5) is 30.4. The maximum atomic E-state index is 13.4. The van der Waals surface area contributed by atoms with Crippen molar-refractivity contribution in [1.82, 2.24) is 5.32 Å². The van der Waals surface area contributed by atoms with Gasteiger partial charge in [0.2, 0.25) is 0 Å². The fraction of sp³-hybridized carbons (Fsp3) is 0.872. The van der Waals surface area contributed by atoms with Gasteiger partial charge in [0, 0.05) is 23.3 Å². The van der Waals surface area contributed by atoms with E-state index in [9.17, 15) is 14.7 Å². The van der Waals surface area contributed by atoms with E-state index in [4.69, 9.17) is 19.9 Å². The summed E-state index contributed by atoms with van der Waals surface area (Å²) < 4.78 is 19.4. The Morgan fingerprint density at radius 1 is 1.10 bits per heavy atom. The van der Waals surface area contributed by atoms with Gasteiger partial charge in [0.1, 0.15) is 12.2 Å². The molecule has 11 atom stereocenters. The second-order valence-electron chi connectivity index (χ2n) is 18.6. The number of carbonyl (C=O) groups excluding carboxylic acids is 1. The van der Waals surface area contributed by atoms with Crippen molar-refractivity contribution >= 4 is 17.9 Å². The lowest BCUT2D eigenvalue weighted by Crippen LogP contribution is -2.70. The second-order valence-corrected chi connectivity index (χ2v) is 18.6. The first-order chi connectivity index (χ1) is 22.2. The number of rotatable bonds is 8. The highest BCUT2D eigenvalue weighted by Crippen LogP contribution is 2.75. The van der Waals surface area contributed by atoms with Crippen LogP contribution in [0.2, 0.25) is 0 Å². The summed E-state index contributed by atoms with van der Waals surface area (Å²) in [7, 11) is 0. The van der Waals surface area contributed by atoms with Crippen LogP contribution in [0.15, 0.2) is 16.6 Å². The Hall–Kier alpha value is -2.13. The molecule has 4 N–H and O–H groups in total. The van der Waals surface area contributed by atoms with E-state index < -0.39 is 18.0 Å². The van der Waals surface area contributed by atoms with Crippen molar-refractivity contribution in [2.75, 3.05) is 26.4 Å². The highest BCUT2D eigenvalue weighted by molar-refractivity contribution is 5.78. The van der Waals surface area contributed by atoms with Gasteiger partial charge in [-0.1, -0.05) is 60.1 Å². The number of nitrogens with two attached hydrogens (primary N) is 1. The van der Waals surface area contributed by atoms with Crippen LogP contribution in [0.5, 0.6) is 0 Å². The molecule has 0 aromatic carbocycles. The lowest BCUT2D eigenvalue weighted by Gasteiger charge is -2.71. The first-order valence-electron chi connectivity index (χ1n) is 18.5. The molecule has 1 unspecified atom stereocenters. The maximum absolute atomic E-state index is 13.4. The third kappa shape index (κ3) is 5.80. The molecule has 4 aliphatic carbocycles. The summed E-state index contributed by atoms with van der Waals surface area (Å²) in [6, 6.07) is 0. The number of aliphatic carboxylic acids is 1. The van der Waals surface area contributed by atoms with Gasteiger partial charge >= 0.3 is 11.9 Å². The number of allylic oxidation sites excluding steroid dienone is 1. The van der Waals surface area contributed by atoms with E-state index >= 15 is 0 Å². The molecule has 3 saturated carbocycles. The standard InChI is InChI=1S/C39H65N3O6/c1-23(2)24(3)35(8)16-17-37(10)26-12-13-29-36(9)21-46-22-39(29,27(26)14-15-38(37,11)30(35)32(44)45)20-28(48-25(4)43)31(36)47-19-18-41-33(40)42-34(5,6)7/h14,23-24,26,28-31H,12-13,15-22H2,1-11H3,(H,44,45)(H3,40,41,42)/t24-,26+,28-,29?,30-,31+,35-,36-,37-,38+,39+/m1/s1. The minimum absolute atomic E-state index is 0.173. The van der Waals surface area contributed by atoms with Crippen molar-refractivity contribution in [1.29, 1.82) is 0 Å². The molecular formula is C39H65N3O6. The van der Waals surface area contributed by atoms with Crippen molar-refractivity contribution in [3.8, 4) is 0 Å². The SMILES string of the molecule is CC(=O)O[C@@H]1C[C@@]23COC[C@](C)(C2CC[C@H]2C3=CC[C@@]3(C)[C@H](C(=O)O)[C@@](C)([C@H](C)C(C)C)CC[C@]23C)[C@H]1OCCN=C(N)NC(C)(C)C. The number of nitrogens with one attached hydrogen (secondary N) is 1. The topological polar surface area (TPSA) is 132 Å². The molecule has 0 spiro atoms. The molecule has 9 heteroatoms. The molecule has 1 saturated heterocycles. The average molecular weight is 672 g/mol. The van der Waals surface area contributed by atoms with Crippen molar-refractivity contribution in [3.05, 3.63) is 11.6 Å². The number of esters is 1. The van der Waals surface area contributed by atoms with E-state index in [1.54, 1.807) is 0 Å². The Morgan fingerprint density at radius 2 is 1.79 bits per heavy atom. The zero-order chi connectivity index (χ0) is 35.7. The molecule has 0 aromatic heterocycles. The Kier molecular flexibility index (Phi) is 9.73. The zero-order valence-electron chi connectivity index (χ0n) is 31.7. The minimum Gasteiger partial charge on any atom is -0.481 e. The quantitative estimate of drug-likeness (QED) is 0.0866. The third-order valence-electron chi connectivity index (χ3n) is 14.6. The van der Waals surface area contributed by atoms with Gasteiger partial charge in [0.25, 0.3) is 0 Å². The summed E-state index contributed by atoms with van der Waals surface area (Å²) in [5.41, 5.74) is 5.86. The molecule has 1 heterocycles. The van der Waals surface area contributed by atoms with Gasteiger partial charge in [0.05, 0.1) is 32.3 Å². The van der Waals surface area contributed by atoms with Gasteiger partial charge in [0.15, 0.2) is 5.96 Å². The summed E-state index contributed by atoms with van der Waals surface area (Å²) in [6.07, 6.45) is 7.01. The lowest BCUT2D eigenvalue weighted by molar-refractivity contribution is -0.266. The van der Waals surface area contributed by atoms with Crippen molar-refractivity contribution in [3.63, 3.8) is 0 Å². The van der Waals surface area contributed by atoms with E-state index in [2.05, 4.69) is 64.9 Å². The summed E-state index contributed by atoms with van der Waals surface area (Å²) >= 11 is 0. The van der Waals surface area contributed by atoms with E-state index in [-0.39, 0.29) is 50.6 Å². The predicted molar refractivity (Wildman–Crippen MR) is 188 cm³/mol. The minimum atomic E-state index is -0.649. The molecule has 0 amide bonds. The summed E-state index contributed by atoms with van der Waals surface area (Å²) in [5.74, 6) is 0.248. The molecule has 1 aliphatic heterocycles.